The lowest BCUT2D eigenvalue weighted by Crippen LogP contribution is -2.35. The Balaban J connectivity index is 1.46. The second kappa shape index (κ2) is 8.82. The standard InChI is InChI=1S/C25H24N2O3/c1-18-9-13-22(14-10-18)30-17-24(28)26-21-12-11-19-8-5-15-27(23(19)16-21)25(29)20-6-3-2-4-7-20/h2-4,6-7,9-14,16H,5,8,15,17H2,1H3,(H,26,28). The van der Waals surface area contributed by atoms with E-state index in [1.165, 1.54) is 0 Å². The first-order valence-electron chi connectivity index (χ1n) is 10.1. The topological polar surface area (TPSA) is 58.6 Å². The third-order valence-electron chi connectivity index (χ3n) is 5.14. The number of hydrogen-bond acceptors (Lipinski definition) is 3. The summed E-state index contributed by atoms with van der Waals surface area (Å²) >= 11 is 0. The van der Waals surface area contributed by atoms with Crippen LogP contribution in [0.4, 0.5) is 11.4 Å². The van der Waals surface area contributed by atoms with E-state index in [1.54, 1.807) is 4.90 Å². The number of benzene rings is 3. The molecule has 4 rings (SSSR count). The zero-order chi connectivity index (χ0) is 20.9. The number of nitrogens with zero attached hydrogens (tertiary/aromatic N) is 1. The Morgan fingerprint density at radius 1 is 1.00 bits per heavy atom. The Bertz CT molecular complexity index is 1050. The van der Waals surface area contributed by atoms with Gasteiger partial charge in [-0.25, -0.2) is 0 Å². The fourth-order valence-electron chi connectivity index (χ4n) is 3.58. The summed E-state index contributed by atoms with van der Waals surface area (Å²) in [6.45, 7) is 2.58. The molecule has 30 heavy (non-hydrogen) atoms. The number of aryl methyl sites for hydroxylation is 2. The van der Waals surface area contributed by atoms with Gasteiger partial charge in [-0.3, -0.25) is 9.59 Å². The van der Waals surface area contributed by atoms with Gasteiger partial charge in [-0.1, -0.05) is 42.0 Å². The van der Waals surface area contributed by atoms with E-state index in [1.807, 2.05) is 79.7 Å². The highest BCUT2D eigenvalue weighted by Gasteiger charge is 2.24. The first kappa shape index (κ1) is 19.7. The highest BCUT2D eigenvalue weighted by molar-refractivity contribution is 6.07. The molecule has 152 valence electrons. The molecule has 5 heteroatoms. The third kappa shape index (κ3) is 4.51. The summed E-state index contributed by atoms with van der Waals surface area (Å²) in [5.41, 5.74) is 4.41. The number of carbonyl (C=O) groups is 2. The molecule has 0 bridgehead atoms. The summed E-state index contributed by atoms with van der Waals surface area (Å²) in [7, 11) is 0. The molecule has 1 N–H and O–H groups in total. The van der Waals surface area contributed by atoms with Crippen LogP contribution in [-0.2, 0) is 11.2 Å². The maximum atomic E-state index is 13.0. The molecule has 0 saturated heterocycles. The summed E-state index contributed by atoms with van der Waals surface area (Å²) in [5.74, 6) is 0.385. The van der Waals surface area contributed by atoms with Crippen LogP contribution in [0.3, 0.4) is 0 Å². The predicted molar refractivity (Wildman–Crippen MR) is 118 cm³/mol. The molecule has 1 aliphatic heterocycles. The van der Waals surface area contributed by atoms with Crippen LogP contribution in [-0.4, -0.2) is 25.0 Å². The number of nitrogens with one attached hydrogen (secondary N) is 1. The first-order chi connectivity index (χ1) is 14.6. The maximum absolute atomic E-state index is 13.0. The number of amides is 2. The van der Waals surface area contributed by atoms with Crippen LogP contribution in [0.1, 0.15) is 27.9 Å². The molecule has 1 aliphatic rings. The number of fused-ring (bicyclic) bond motifs is 1. The van der Waals surface area contributed by atoms with Crippen molar-refractivity contribution in [1.29, 1.82) is 0 Å². The molecule has 0 fully saturated rings. The van der Waals surface area contributed by atoms with Gasteiger partial charge in [0.15, 0.2) is 6.61 Å². The monoisotopic (exact) mass is 400 g/mol. The van der Waals surface area contributed by atoms with E-state index in [0.29, 0.717) is 23.5 Å². The van der Waals surface area contributed by atoms with Crippen LogP contribution >= 0.6 is 0 Å². The van der Waals surface area contributed by atoms with Crippen LogP contribution in [0.2, 0.25) is 0 Å². The van der Waals surface area contributed by atoms with Gasteiger partial charge in [0.05, 0.1) is 0 Å². The second-order valence-corrected chi connectivity index (χ2v) is 7.42. The molecule has 0 unspecified atom stereocenters. The molecule has 3 aromatic rings. The quantitative estimate of drug-likeness (QED) is 0.681. The van der Waals surface area contributed by atoms with Crippen molar-refractivity contribution in [2.45, 2.75) is 19.8 Å². The maximum Gasteiger partial charge on any atom is 0.262 e. The van der Waals surface area contributed by atoms with Gasteiger partial charge >= 0.3 is 0 Å². The molecule has 0 saturated carbocycles. The van der Waals surface area contributed by atoms with Crippen molar-refractivity contribution < 1.29 is 14.3 Å². The number of hydrogen-bond donors (Lipinski definition) is 1. The Hall–Kier alpha value is -3.60. The minimum Gasteiger partial charge on any atom is -0.484 e. The largest absolute Gasteiger partial charge is 0.484 e. The van der Waals surface area contributed by atoms with Crippen molar-refractivity contribution in [2.24, 2.45) is 0 Å². The minimum absolute atomic E-state index is 0.0252. The fourth-order valence-corrected chi connectivity index (χ4v) is 3.58. The van der Waals surface area contributed by atoms with Gasteiger partial charge in [0.2, 0.25) is 0 Å². The average molecular weight is 400 g/mol. The molecule has 0 aliphatic carbocycles. The number of carbonyl (C=O) groups excluding carboxylic acids is 2. The number of anilines is 2. The van der Waals surface area contributed by atoms with Gasteiger partial charge in [0.25, 0.3) is 11.8 Å². The zero-order valence-corrected chi connectivity index (χ0v) is 16.9. The molecular weight excluding hydrogens is 376 g/mol. The minimum atomic E-state index is -0.243. The highest BCUT2D eigenvalue weighted by Crippen LogP contribution is 2.31. The van der Waals surface area contributed by atoms with E-state index < -0.39 is 0 Å². The molecule has 0 spiro atoms. The van der Waals surface area contributed by atoms with Crippen molar-refractivity contribution in [3.63, 3.8) is 0 Å². The summed E-state index contributed by atoms with van der Waals surface area (Å²) < 4.78 is 5.55. The van der Waals surface area contributed by atoms with E-state index in [4.69, 9.17) is 4.74 Å². The van der Waals surface area contributed by atoms with Crippen molar-refractivity contribution in [3.8, 4) is 5.75 Å². The smallest absolute Gasteiger partial charge is 0.262 e. The summed E-state index contributed by atoms with van der Waals surface area (Å²) in [5, 5.41) is 2.87. The second-order valence-electron chi connectivity index (χ2n) is 7.42. The molecule has 0 atom stereocenters. The number of rotatable bonds is 5. The predicted octanol–water partition coefficient (Wildman–Crippen LogP) is 4.61. The van der Waals surface area contributed by atoms with Crippen molar-refractivity contribution in [3.05, 3.63) is 89.5 Å². The molecule has 5 nitrogen and oxygen atoms in total. The van der Waals surface area contributed by atoms with Gasteiger partial charge in [-0.05, 0) is 61.7 Å². The number of ether oxygens (including phenoxy) is 1. The normalized spacial score (nSPS) is 12.8. The van der Waals surface area contributed by atoms with Crippen LogP contribution in [0.15, 0.2) is 72.8 Å². The Morgan fingerprint density at radius 2 is 1.77 bits per heavy atom. The summed E-state index contributed by atoms with van der Waals surface area (Å²) in [4.78, 5) is 27.1. The van der Waals surface area contributed by atoms with E-state index in [0.717, 1.165) is 29.7 Å². The van der Waals surface area contributed by atoms with E-state index in [2.05, 4.69) is 5.32 Å². The Labute approximate surface area is 176 Å². The van der Waals surface area contributed by atoms with Gasteiger partial charge < -0.3 is 15.0 Å². The van der Waals surface area contributed by atoms with Gasteiger partial charge in [0, 0.05) is 23.5 Å². The highest BCUT2D eigenvalue weighted by atomic mass is 16.5. The SMILES string of the molecule is Cc1ccc(OCC(=O)Nc2ccc3c(c2)N(C(=O)c2ccccc2)CCC3)cc1. The summed E-state index contributed by atoms with van der Waals surface area (Å²) in [6.07, 6.45) is 1.83. The lowest BCUT2D eigenvalue weighted by molar-refractivity contribution is -0.118. The van der Waals surface area contributed by atoms with Crippen LogP contribution in [0.25, 0.3) is 0 Å². The molecule has 0 aromatic heterocycles. The van der Waals surface area contributed by atoms with Gasteiger partial charge in [-0.2, -0.15) is 0 Å². The fraction of sp³-hybridized carbons (Fsp3) is 0.200. The molecule has 2 amide bonds. The van der Waals surface area contributed by atoms with E-state index in [-0.39, 0.29) is 18.4 Å². The first-order valence-corrected chi connectivity index (χ1v) is 10.1. The van der Waals surface area contributed by atoms with Crippen LogP contribution in [0.5, 0.6) is 5.75 Å². The lowest BCUT2D eigenvalue weighted by Gasteiger charge is -2.30. The lowest BCUT2D eigenvalue weighted by atomic mass is 10.00. The van der Waals surface area contributed by atoms with Crippen LogP contribution in [0, 0.1) is 6.92 Å². The Morgan fingerprint density at radius 3 is 2.53 bits per heavy atom. The van der Waals surface area contributed by atoms with Crippen molar-refractivity contribution in [2.75, 3.05) is 23.4 Å². The van der Waals surface area contributed by atoms with Gasteiger partial charge in [-0.15, -0.1) is 0 Å². The average Bonchev–Trinajstić information content (AvgIpc) is 2.78. The van der Waals surface area contributed by atoms with E-state index >= 15 is 0 Å². The zero-order valence-electron chi connectivity index (χ0n) is 16.9. The van der Waals surface area contributed by atoms with E-state index in [9.17, 15) is 9.59 Å². The molecule has 1 heterocycles. The van der Waals surface area contributed by atoms with Crippen molar-refractivity contribution in [1.82, 2.24) is 0 Å². The summed E-state index contributed by atoms with van der Waals surface area (Å²) in [6, 6.07) is 22.6. The van der Waals surface area contributed by atoms with Gasteiger partial charge in [0.1, 0.15) is 5.75 Å². The molecule has 0 radical (unpaired) electrons. The molecular formula is C25H24N2O3. The third-order valence-corrected chi connectivity index (χ3v) is 5.14. The molecule has 3 aromatic carbocycles. The Kier molecular flexibility index (Phi) is 5.80. The van der Waals surface area contributed by atoms with Crippen LogP contribution < -0.4 is 15.0 Å². The van der Waals surface area contributed by atoms with Crippen molar-refractivity contribution >= 4 is 23.2 Å².